The third-order valence-corrected chi connectivity index (χ3v) is 35.8. The number of aliphatic carboxylic acids is 3. The zero-order valence-electron chi connectivity index (χ0n) is 82.0. The summed E-state index contributed by atoms with van der Waals surface area (Å²) in [6.07, 6.45) is 36.9. The average molecular weight is 1990 g/mol. The quantitative estimate of drug-likeness (QED) is 0.0473. The smallest absolute Gasteiger partial charge is 0.326 e. The van der Waals surface area contributed by atoms with E-state index in [0.29, 0.717) is 115 Å². The van der Waals surface area contributed by atoms with Crippen LogP contribution in [-0.4, -0.2) is 200 Å². The van der Waals surface area contributed by atoms with Crippen molar-refractivity contribution in [1.82, 2.24) is 74.4 Å². The molecular weight excluding hydrogens is 1850 g/mol. The van der Waals surface area contributed by atoms with Gasteiger partial charge in [-0.25, -0.2) is 23.8 Å². The number of nitrogens with zero attached hydrogens (tertiary/aromatic N) is 13. The normalized spacial score (nSPS) is 25.1. The number of piperidine rings is 5. The van der Waals surface area contributed by atoms with Gasteiger partial charge in [0.25, 0.3) is 0 Å². The molecule has 5 saturated carbocycles. The van der Waals surface area contributed by atoms with Crippen LogP contribution >= 0.6 is 45.9 Å². The second-order valence-corrected chi connectivity index (χ2v) is 44.9. The number of aromatic nitrogens is 10. The van der Waals surface area contributed by atoms with E-state index in [1.807, 2.05) is 107 Å². The maximum atomic E-state index is 14.8. The van der Waals surface area contributed by atoms with E-state index >= 15 is 0 Å². The highest BCUT2D eigenvalue weighted by atomic mass is 35.5. The highest BCUT2D eigenvalue weighted by molar-refractivity contribution is 7.18. The number of carbonyl (C=O) groups excluding carboxylic acids is 5. The number of pyridine rings is 1. The summed E-state index contributed by atoms with van der Waals surface area (Å²) in [4.78, 5) is 130. The van der Waals surface area contributed by atoms with Crippen molar-refractivity contribution in [3.05, 3.63) is 163 Å². The fourth-order valence-corrected chi connectivity index (χ4v) is 28.1. The molecule has 4 aromatic carbocycles. The number of para-hydroxylation sites is 1. The molecule has 0 spiro atoms. The Balaban J connectivity index is 0.000000121. The lowest BCUT2D eigenvalue weighted by Gasteiger charge is -2.47. The van der Waals surface area contributed by atoms with E-state index < -0.39 is 23.9 Å². The van der Waals surface area contributed by atoms with Crippen molar-refractivity contribution in [2.75, 3.05) is 26.2 Å². The van der Waals surface area contributed by atoms with Crippen molar-refractivity contribution < 1.29 is 58.1 Å². The minimum atomic E-state index is -0.923. The molecule has 18 atom stereocenters. The molecule has 31 heteroatoms. The van der Waals surface area contributed by atoms with Crippen molar-refractivity contribution in [2.45, 2.75) is 326 Å². The van der Waals surface area contributed by atoms with Gasteiger partial charge in [-0.2, -0.15) is 15.0 Å². The number of likely N-dealkylation sites (tertiary alicyclic amines) is 5. The number of halogens is 3. The first-order chi connectivity index (χ1) is 67.7. The number of hydrogen-bond acceptors (Lipinski definition) is 16. The fourth-order valence-electron chi connectivity index (χ4n) is 25.7. The standard InChI is InChI=1S/C25H27FN2O3S.C22H32N4O.C21H26ClN3O3.C21H28N4O3.C20H25ClN2OS/c26-18-6-3-7-19-24(18)17(14-27-19)16(22-9-4-12-32-22)13-23(29)28-20-8-2-1-5-15(20)10-11-21(28)25(30)31;1-15(2)20(26-19-12-6-8-16(3)22(19)23-24-26)14-21(27)25-13-7-10-17-9-4-5-11-18(17)25;1-12(15-11-24-20-19(15)16(22)6-8-23-20)10-18(26)25-9-7-14(21(27)28)13-4-2-3-5-17(13)25;1-13-6-5-8-17-20(13)23-25(22-17)14(2)12-19(26)24-11-10-16(21(27)28)15-7-3-4-9-18(15)24;1-13(20-22-19-15(21)8-4-10-17(19)25-20)12-18(24)23-11-5-7-14-6-2-3-9-16(14)23/h3-4,6-7,9,12,14-16,20-21,27H,1-2,5,8,10-11,13H2,(H,30,31);6,8,12,15,17-18,20H,4-5,7,9-11,13-14H2,1-3H3;6,8,11-14,17H,2-5,7,9-10H2,1H3,(H,23,24)(H,27,28);5-6,8,14-16,18H,3-4,7,9-12H2,1-2H3,(H,27,28);4,8,10,13-14,16H,2-3,5-7,9,11-12H2,1H3. The summed E-state index contributed by atoms with van der Waals surface area (Å²) in [5.41, 5.74) is 9.95. The van der Waals surface area contributed by atoms with Gasteiger partial charge in [0.15, 0.2) is 0 Å². The van der Waals surface area contributed by atoms with E-state index in [4.69, 9.17) is 28.2 Å². The van der Waals surface area contributed by atoms with Crippen LogP contribution in [0.15, 0.2) is 115 Å². The summed E-state index contributed by atoms with van der Waals surface area (Å²) in [7, 11) is 0. The number of carboxylic acids is 3. The zero-order chi connectivity index (χ0) is 98.3. The van der Waals surface area contributed by atoms with Crippen molar-refractivity contribution in [3.8, 4) is 0 Å². The number of aryl methyl sites for hydroxylation is 2. The Morgan fingerprint density at radius 2 is 1.04 bits per heavy atom. The van der Waals surface area contributed by atoms with Gasteiger partial charge in [-0.05, 0) is 254 Å². The maximum absolute atomic E-state index is 14.8. The van der Waals surface area contributed by atoms with E-state index in [0.717, 1.165) is 197 Å². The van der Waals surface area contributed by atoms with Crippen LogP contribution in [-0.2, 0) is 38.4 Å². The number of thiophene rings is 1. The second-order valence-electron chi connectivity index (χ2n) is 42.0. The topological polar surface area (TPSA) is 332 Å². The van der Waals surface area contributed by atoms with Gasteiger partial charge in [-0.15, -0.1) is 27.8 Å². The molecule has 140 heavy (non-hydrogen) atoms. The molecule has 748 valence electrons. The van der Waals surface area contributed by atoms with Crippen molar-refractivity contribution in [1.29, 1.82) is 0 Å². The van der Waals surface area contributed by atoms with Gasteiger partial charge < -0.3 is 49.8 Å². The highest BCUT2D eigenvalue weighted by Gasteiger charge is 2.49. The van der Waals surface area contributed by atoms with Gasteiger partial charge >= 0.3 is 17.9 Å². The lowest BCUT2D eigenvalue weighted by molar-refractivity contribution is -0.158. The molecule has 7 aromatic heterocycles. The molecule has 21 rings (SSSR count). The summed E-state index contributed by atoms with van der Waals surface area (Å²) in [5, 5.41) is 52.7. The number of aromatic amines is 2. The van der Waals surface area contributed by atoms with Crippen LogP contribution in [0.4, 0.5) is 4.39 Å². The Hall–Kier alpha value is -10.2. The maximum Gasteiger partial charge on any atom is 0.326 e. The van der Waals surface area contributed by atoms with E-state index in [2.05, 4.69) is 85.1 Å². The predicted molar refractivity (Wildman–Crippen MR) is 546 cm³/mol. The molecule has 26 nitrogen and oxygen atoms in total. The number of amides is 5. The Morgan fingerprint density at radius 1 is 0.486 bits per heavy atom. The first-order valence-electron chi connectivity index (χ1n) is 51.9. The van der Waals surface area contributed by atoms with Crippen LogP contribution in [0, 0.1) is 67.0 Å². The monoisotopic (exact) mass is 1990 g/mol. The first kappa shape index (κ1) is 101. The SMILES string of the molecule is CC(CC(=O)N1CCC(C(=O)O)C2CCCCC21)c1c[nH]c2nccc(Cl)c12.CC(CC(=O)N1CCCC2CCCCC21)c1nc2c(Cl)cccc2s1.Cc1cccc2c1nnn2C(CC(=O)N1CCCC2CCCCC21)C(C)C.Cc1cccc2nn(C(C)CC(=O)N3CCC(C(=O)O)C4CCCCC43)nc12.O=C(O)C1CCC2CCCCC2N1C(=O)CC(c1cccs1)c1c[nH]c2cccc(F)c12. The lowest BCUT2D eigenvalue weighted by Crippen LogP contribution is -2.57. The number of thiazole rings is 1. The molecule has 18 unspecified atom stereocenters. The van der Waals surface area contributed by atoms with Crippen molar-refractivity contribution >= 4 is 148 Å². The van der Waals surface area contributed by atoms with Gasteiger partial charge in [0.05, 0.1) is 55.6 Å². The van der Waals surface area contributed by atoms with Crippen LogP contribution in [0.25, 0.3) is 54.2 Å². The molecule has 0 radical (unpaired) electrons. The number of benzene rings is 4. The third-order valence-electron chi connectivity index (χ3n) is 33.0. The van der Waals surface area contributed by atoms with Crippen LogP contribution in [0.5, 0.6) is 0 Å². The summed E-state index contributed by atoms with van der Waals surface area (Å²) >= 11 is 15.8. The third kappa shape index (κ3) is 22.3. The minimum absolute atomic E-state index is 0.00203. The zero-order valence-corrected chi connectivity index (χ0v) is 85.1. The number of H-pyrrole nitrogens is 2. The molecule has 5 N–H and O–H groups in total. The van der Waals surface area contributed by atoms with E-state index in [1.165, 1.54) is 81.6 Å². The van der Waals surface area contributed by atoms with Crippen LogP contribution in [0.2, 0.25) is 10.0 Å². The van der Waals surface area contributed by atoms with E-state index in [9.17, 15) is 58.1 Å². The molecule has 10 fully saturated rings. The predicted octanol–water partition coefficient (Wildman–Crippen LogP) is 23.0. The number of rotatable bonds is 20. The van der Waals surface area contributed by atoms with Crippen molar-refractivity contribution in [3.63, 3.8) is 0 Å². The van der Waals surface area contributed by atoms with Crippen LogP contribution < -0.4 is 0 Å². The summed E-state index contributed by atoms with van der Waals surface area (Å²) in [6, 6.07) is 28.8. The molecular formula is C109H138Cl2FN15O11S2. The number of hydrogen-bond donors (Lipinski definition) is 5. The van der Waals surface area contributed by atoms with E-state index in [1.54, 1.807) is 45.6 Å². The van der Waals surface area contributed by atoms with Crippen molar-refractivity contribution in [2.24, 2.45) is 47.3 Å². The molecule has 5 aliphatic carbocycles. The fraction of sp³-hybridized carbons (Fsp3) is 0.578. The van der Waals surface area contributed by atoms with Gasteiger partial charge in [-0.3, -0.25) is 33.6 Å². The molecule has 10 aliphatic rings. The number of fused-ring (bicyclic) bond motifs is 10. The Labute approximate surface area is 837 Å². The molecule has 5 aliphatic heterocycles. The molecule has 5 amide bonds. The molecule has 5 saturated heterocycles. The minimum Gasteiger partial charge on any atom is -0.481 e. The number of nitrogens with one attached hydrogen (secondary N) is 2. The van der Waals surface area contributed by atoms with Gasteiger partial charge in [0.1, 0.15) is 39.6 Å². The Kier molecular flexibility index (Phi) is 33.0. The Bertz CT molecular complexity index is 6200. The Morgan fingerprint density at radius 3 is 1.64 bits per heavy atom. The summed E-state index contributed by atoms with van der Waals surface area (Å²) in [5.74, 6) is -0.432. The van der Waals surface area contributed by atoms with Gasteiger partial charge in [0.2, 0.25) is 29.5 Å². The average Bonchev–Trinajstić information content (AvgIpc) is 1.79. The largest absolute Gasteiger partial charge is 0.481 e. The molecule has 0 bridgehead atoms. The second kappa shape index (κ2) is 45.6. The van der Waals surface area contributed by atoms with E-state index in [-0.39, 0.29) is 102 Å². The van der Waals surface area contributed by atoms with Crippen LogP contribution in [0.3, 0.4) is 0 Å². The number of carboxylic acid groups (broad SMARTS) is 3. The van der Waals surface area contributed by atoms with Crippen LogP contribution in [0.1, 0.15) is 308 Å². The molecule has 12 heterocycles. The summed E-state index contributed by atoms with van der Waals surface area (Å²) in [6.45, 7) is 17.5. The molecule has 11 aromatic rings. The van der Waals surface area contributed by atoms with Gasteiger partial charge in [-0.1, -0.05) is 163 Å². The summed E-state index contributed by atoms with van der Waals surface area (Å²) < 4.78 is 17.9. The number of carbonyl (C=O) groups is 8. The van der Waals surface area contributed by atoms with Gasteiger partial charge in [0, 0.05) is 134 Å². The highest BCUT2D eigenvalue weighted by Crippen LogP contribution is 2.48. The lowest BCUT2D eigenvalue weighted by atomic mass is 9.71. The first-order valence-corrected chi connectivity index (χ1v) is 54.4.